The largest absolute Gasteiger partial charge is 0.345 e. The lowest BCUT2D eigenvalue weighted by molar-refractivity contribution is 0.0751. The molecule has 1 fully saturated rings. The molecule has 2 heterocycles. The Balaban J connectivity index is 1.69. The van der Waals surface area contributed by atoms with Gasteiger partial charge in [0.15, 0.2) is 0 Å². The molecule has 0 radical (unpaired) electrons. The number of hydrogen-bond donors (Lipinski definition) is 0. The molecule has 4 nitrogen and oxygen atoms in total. The normalized spacial score (nSPS) is 15.7. The minimum atomic E-state index is -0.224. The number of nitrogens with zero attached hydrogens (tertiary/aromatic N) is 3. The third-order valence-corrected chi connectivity index (χ3v) is 6.45. The lowest BCUT2D eigenvalue weighted by atomic mass is 9.95. The molecule has 0 aliphatic heterocycles. The van der Waals surface area contributed by atoms with E-state index in [1.54, 1.807) is 6.20 Å². The SMILES string of the molecule is Cc1cc(C(=O)N(C)C(c2ccccc2)c2ccccn2)c(C)n1C1CCCCC1. The molecule has 1 aliphatic rings. The first-order valence-electron chi connectivity index (χ1n) is 11.0. The van der Waals surface area contributed by atoms with Crippen molar-refractivity contribution in [2.75, 3.05) is 7.05 Å². The number of pyridine rings is 1. The van der Waals surface area contributed by atoms with Gasteiger partial charge in [0.05, 0.1) is 17.3 Å². The summed E-state index contributed by atoms with van der Waals surface area (Å²) in [5.41, 5.74) is 5.01. The Morgan fingerprint density at radius 1 is 1.03 bits per heavy atom. The van der Waals surface area contributed by atoms with Gasteiger partial charge in [0.25, 0.3) is 5.91 Å². The Morgan fingerprint density at radius 3 is 2.40 bits per heavy atom. The number of amides is 1. The molecule has 4 rings (SSSR count). The van der Waals surface area contributed by atoms with Gasteiger partial charge in [-0.2, -0.15) is 0 Å². The van der Waals surface area contributed by atoms with Crippen LogP contribution in [0.25, 0.3) is 0 Å². The highest BCUT2D eigenvalue weighted by atomic mass is 16.2. The van der Waals surface area contributed by atoms with E-state index in [0.717, 1.165) is 22.5 Å². The zero-order valence-corrected chi connectivity index (χ0v) is 18.2. The summed E-state index contributed by atoms with van der Waals surface area (Å²) in [5, 5.41) is 0. The van der Waals surface area contributed by atoms with Gasteiger partial charge in [-0.1, -0.05) is 55.7 Å². The number of carbonyl (C=O) groups is 1. The highest BCUT2D eigenvalue weighted by Gasteiger charge is 2.29. The Labute approximate surface area is 179 Å². The standard InChI is InChI=1S/C26H31N3O/c1-19-18-23(20(2)29(19)22-14-8-5-9-15-22)26(30)28(3)25(21-12-6-4-7-13-21)24-16-10-11-17-27-24/h4,6-7,10-13,16-18,22,25H,5,8-9,14-15H2,1-3H3. The fourth-order valence-corrected chi connectivity index (χ4v) is 4.97. The lowest BCUT2D eigenvalue weighted by Gasteiger charge is -2.29. The summed E-state index contributed by atoms with van der Waals surface area (Å²) in [7, 11) is 1.89. The Morgan fingerprint density at radius 2 is 1.73 bits per heavy atom. The second-order valence-corrected chi connectivity index (χ2v) is 8.43. The molecule has 30 heavy (non-hydrogen) atoms. The van der Waals surface area contributed by atoms with Gasteiger partial charge in [0.2, 0.25) is 0 Å². The fourth-order valence-electron chi connectivity index (χ4n) is 4.97. The van der Waals surface area contributed by atoms with Gasteiger partial charge >= 0.3 is 0 Å². The molecule has 1 aliphatic carbocycles. The van der Waals surface area contributed by atoms with Crippen LogP contribution in [0.2, 0.25) is 0 Å². The van der Waals surface area contributed by atoms with E-state index in [1.807, 2.05) is 48.3 Å². The summed E-state index contributed by atoms with van der Waals surface area (Å²) in [6.45, 7) is 4.23. The number of benzene rings is 1. The highest BCUT2D eigenvalue weighted by Crippen LogP contribution is 2.34. The molecule has 1 unspecified atom stereocenters. The molecule has 156 valence electrons. The third-order valence-electron chi connectivity index (χ3n) is 6.45. The van der Waals surface area contributed by atoms with Gasteiger partial charge < -0.3 is 9.47 Å². The van der Waals surface area contributed by atoms with Crippen molar-refractivity contribution < 1.29 is 4.79 Å². The molecule has 1 atom stereocenters. The van der Waals surface area contributed by atoms with E-state index in [2.05, 4.69) is 41.6 Å². The van der Waals surface area contributed by atoms with Crippen molar-refractivity contribution in [3.05, 3.63) is 89.0 Å². The number of aromatic nitrogens is 2. The second-order valence-electron chi connectivity index (χ2n) is 8.43. The summed E-state index contributed by atoms with van der Waals surface area (Å²) in [6, 6.07) is 18.4. The molecule has 0 N–H and O–H groups in total. The predicted octanol–water partition coefficient (Wildman–Crippen LogP) is 5.87. The van der Waals surface area contributed by atoms with Crippen LogP contribution in [0.1, 0.15) is 77.2 Å². The van der Waals surface area contributed by atoms with Crippen LogP contribution in [0, 0.1) is 13.8 Å². The maximum atomic E-state index is 13.7. The first-order valence-corrected chi connectivity index (χ1v) is 11.0. The number of hydrogen-bond acceptors (Lipinski definition) is 2. The van der Waals surface area contributed by atoms with Gasteiger partial charge in [-0.15, -0.1) is 0 Å². The van der Waals surface area contributed by atoms with Crippen LogP contribution >= 0.6 is 0 Å². The maximum absolute atomic E-state index is 13.7. The van der Waals surface area contributed by atoms with Gasteiger partial charge in [-0.05, 0) is 50.5 Å². The van der Waals surface area contributed by atoms with Gasteiger partial charge in [0.1, 0.15) is 0 Å². The summed E-state index contributed by atoms with van der Waals surface area (Å²) >= 11 is 0. The van der Waals surface area contributed by atoms with Crippen molar-refractivity contribution in [2.24, 2.45) is 0 Å². The van der Waals surface area contributed by atoms with Crippen LogP contribution in [0.5, 0.6) is 0 Å². The van der Waals surface area contributed by atoms with E-state index in [4.69, 9.17) is 0 Å². The van der Waals surface area contributed by atoms with Crippen molar-refractivity contribution in [3.8, 4) is 0 Å². The van der Waals surface area contributed by atoms with Crippen LogP contribution in [-0.2, 0) is 0 Å². The van der Waals surface area contributed by atoms with Crippen LogP contribution in [-0.4, -0.2) is 27.4 Å². The van der Waals surface area contributed by atoms with Crippen LogP contribution < -0.4 is 0 Å². The summed E-state index contributed by atoms with van der Waals surface area (Å²) in [6.07, 6.45) is 8.09. The molecule has 0 saturated heterocycles. The smallest absolute Gasteiger partial charge is 0.256 e. The summed E-state index contributed by atoms with van der Waals surface area (Å²) in [4.78, 5) is 20.1. The predicted molar refractivity (Wildman–Crippen MR) is 121 cm³/mol. The van der Waals surface area contributed by atoms with E-state index < -0.39 is 0 Å². The molecule has 1 amide bonds. The highest BCUT2D eigenvalue weighted by molar-refractivity contribution is 5.96. The zero-order valence-electron chi connectivity index (χ0n) is 18.2. The molecular formula is C26H31N3O. The van der Waals surface area contributed by atoms with Crippen molar-refractivity contribution in [1.29, 1.82) is 0 Å². The Bertz CT molecular complexity index is 948. The summed E-state index contributed by atoms with van der Waals surface area (Å²) < 4.78 is 2.40. The van der Waals surface area contributed by atoms with E-state index >= 15 is 0 Å². The van der Waals surface area contributed by atoms with E-state index in [0.29, 0.717) is 6.04 Å². The number of rotatable bonds is 5. The Kier molecular flexibility index (Phi) is 6.03. The molecule has 0 bridgehead atoms. The molecule has 3 aromatic rings. The van der Waals surface area contributed by atoms with E-state index in [1.165, 1.54) is 37.8 Å². The van der Waals surface area contributed by atoms with Crippen LogP contribution in [0.4, 0.5) is 0 Å². The molecule has 0 spiro atoms. The summed E-state index contributed by atoms with van der Waals surface area (Å²) in [5.74, 6) is 0.0460. The van der Waals surface area contributed by atoms with Gasteiger partial charge in [-0.3, -0.25) is 9.78 Å². The number of carbonyl (C=O) groups excluding carboxylic acids is 1. The molecule has 2 aromatic heterocycles. The first kappa shape index (κ1) is 20.4. The Hall–Kier alpha value is -2.88. The van der Waals surface area contributed by atoms with Crippen LogP contribution in [0.3, 0.4) is 0 Å². The molecule has 1 saturated carbocycles. The number of aryl methyl sites for hydroxylation is 1. The molecule has 4 heteroatoms. The van der Waals surface area contributed by atoms with E-state index in [-0.39, 0.29) is 11.9 Å². The third kappa shape index (κ3) is 3.91. The average molecular weight is 402 g/mol. The lowest BCUT2D eigenvalue weighted by Crippen LogP contribution is -2.33. The van der Waals surface area contributed by atoms with E-state index in [9.17, 15) is 4.79 Å². The average Bonchev–Trinajstić information content (AvgIpc) is 3.09. The maximum Gasteiger partial charge on any atom is 0.256 e. The minimum absolute atomic E-state index is 0.0460. The first-order chi connectivity index (χ1) is 14.6. The van der Waals surface area contributed by atoms with Crippen molar-refractivity contribution in [1.82, 2.24) is 14.5 Å². The minimum Gasteiger partial charge on any atom is -0.345 e. The molecule has 1 aromatic carbocycles. The monoisotopic (exact) mass is 401 g/mol. The van der Waals surface area contributed by atoms with Crippen molar-refractivity contribution in [2.45, 2.75) is 58.0 Å². The van der Waals surface area contributed by atoms with Crippen molar-refractivity contribution in [3.63, 3.8) is 0 Å². The second kappa shape index (κ2) is 8.86. The topological polar surface area (TPSA) is 38.1 Å². The quantitative estimate of drug-likeness (QED) is 0.536. The zero-order chi connectivity index (χ0) is 21.1. The van der Waals surface area contributed by atoms with Crippen LogP contribution in [0.15, 0.2) is 60.8 Å². The fraction of sp³-hybridized carbons (Fsp3) is 0.385. The van der Waals surface area contributed by atoms with Gasteiger partial charge in [-0.25, -0.2) is 0 Å². The van der Waals surface area contributed by atoms with Crippen molar-refractivity contribution >= 4 is 5.91 Å². The van der Waals surface area contributed by atoms with Gasteiger partial charge in [0, 0.05) is 30.7 Å². The molecular weight excluding hydrogens is 370 g/mol.